The largest absolute Gasteiger partial charge is 0.393 e. The van der Waals surface area contributed by atoms with Crippen molar-refractivity contribution >= 4 is 0 Å². The summed E-state index contributed by atoms with van der Waals surface area (Å²) in [4.78, 5) is 0. The maximum absolute atomic E-state index is 11.2. The zero-order chi connectivity index (χ0) is 22.6. The zero-order valence-corrected chi connectivity index (χ0v) is 20.4. The van der Waals surface area contributed by atoms with Crippen molar-refractivity contribution in [3.05, 3.63) is 0 Å². The van der Waals surface area contributed by atoms with E-state index in [1.54, 1.807) is 0 Å². The molecule has 4 saturated carbocycles. The molecule has 6 fully saturated rings. The van der Waals surface area contributed by atoms with E-state index in [9.17, 15) is 15.3 Å². The van der Waals surface area contributed by atoms with Gasteiger partial charge in [-0.1, -0.05) is 27.7 Å². The molecule has 5 heteroatoms. The molecule has 0 aromatic rings. The van der Waals surface area contributed by atoms with Crippen LogP contribution in [-0.4, -0.2) is 52.1 Å². The molecule has 2 aliphatic heterocycles. The maximum Gasteiger partial charge on any atom is 0.197 e. The Kier molecular flexibility index (Phi) is 4.99. The summed E-state index contributed by atoms with van der Waals surface area (Å²) in [6.45, 7) is 9.98. The van der Waals surface area contributed by atoms with Crippen molar-refractivity contribution in [3.8, 4) is 0 Å². The molecule has 0 radical (unpaired) electrons. The summed E-state index contributed by atoms with van der Waals surface area (Å²) in [7, 11) is 0. The van der Waals surface area contributed by atoms with E-state index in [0.717, 1.165) is 38.5 Å². The lowest BCUT2D eigenvalue weighted by molar-refractivity contribution is -0.316. The van der Waals surface area contributed by atoms with E-state index in [-0.39, 0.29) is 41.0 Å². The van der Waals surface area contributed by atoms with Crippen molar-refractivity contribution in [1.29, 1.82) is 0 Å². The van der Waals surface area contributed by atoms with Gasteiger partial charge in [0.05, 0.1) is 24.9 Å². The summed E-state index contributed by atoms with van der Waals surface area (Å²) >= 11 is 0. The van der Waals surface area contributed by atoms with Crippen molar-refractivity contribution in [2.45, 2.75) is 109 Å². The third kappa shape index (κ3) is 2.75. The van der Waals surface area contributed by atoms with Crippen molar-refractivity contribution in [3.63, 3.8) is 0 Å². The highest BCUT2D eigenvalue weighted by atomic mass is 16.7. The molecule has 182 valence electrons. The summed E-state index contributed by atoms with van der Waals surface area (Å²) in [5, 5.41) is 32.6. The number of rotatable bonds is 0. The molecule has 0 bridgehead atoms. The SMILES string of the molecule is C[C@H]1CO[C@]2(O[C@H]3C[C@H]4[C@@H]5C[C@H](O)[C@H]6C[C@@H](O)CC[C@]6(C)[C@H]5CC[C@]4(C)[C@H]3[C@@H]2C)[C@@H](O)C1. The lowest BCUT2D eigenvalue weighted by Crippen LogP contribution is -2.59. The standard InChI is InChI=1S/C27H44O5/c1-14-9-23(30)27(31-13-14)15(2)24-22(32-27)12-19-17-11-21(29)20-10-16(28)5-7-25(20,3)18(17)6-8-26(19,24)4/h14-24,28-30H,5-13H2,1-4H3/t14-,15+,16+,17-,18+,19+,20-,21+,22+,23+,24+,25-,26+,27-/m1/s1. The van der Waals surface area contributed by atoms with Crippen LogP contribution >= 0.6 is 0 Å². The van der Waals surface area contributed by atoms with E-state index in [2.05, 4.69) is 27.7 Å². The summed E-state index contributed by atoms with van der Waals surface area (Å²) in [6.07, 6.45) is 6.86. The third-order valence-corrected chi connectivity index (χ3v) is 11.9. The molecule has 1 spiro atoms. The second-order valence-corrected chi connectivity index (χ2v) is 13.4. The quantitative estimate of drug-likeness (QED) is 0.526. The van der Waals surface area contributed by atoms with Crippen LogP contribution in [0.15, 0.2) is 0 Å². The van der Waals surface area contributed by atoms with Crippen LogP contribution in [0, 0.1) is 52.3 Å². The van der Waals surface area contributed by atoms with Gasteiger partial charge in [0.25, 0.3) is 0 Å². The maximum atomic E-state index is 11.2. The minimum Gasteiger partial charge on any atom is -0.393 e. The van der Waals surface area contributed by atoms with Crippen LogP contribution in [0.5, 0.6) is 0 Å². The second kappa shape index (κ2) is 7.16. The predicted octanol–water partition coefficient (Wildman–Crippen LogP) is 3.74. The van der Waals surface area contributed by atoms with E-state index in [1.165, 1.54) is 12.8 Å². The molecular weight excluding hydrogens is 404 g/mol. The van der Waals surface area contributed by atoms with Crippen molar-refractivity contribution < 1.29 is 24.8 Å². The Morgan fingerprint density at radius 2 is 1.56 bits per heavy atom. The summed E-state index contributed by atoms with van der Waals surface area (Å²) < 4.78 is 13.0. The molecule has 6 aliphatic rings. The van der Waals surface area contributed by atoms with Gasteiger partial charge in [-0.05, 0) is 97.7 Å². The van der Waals surface area contributed by atoms with Gasteiger partial charge < -0.3 is 24.8 Å². The van der Waals surface area contributed by atoms with Crippen molar-refractivity contribution in [2.75, 3.05) is 6.61 Å². The topological polar surface area (TPSA) is 79.2 Å². The normalized spacial score (nSPS) is 64.0. The molecule has 14 atom stereocenters. The van der Waals surface area contributed by atoms with Gasteiger partial charge in [0.1, 0.15) is 6.10 Å². The first-order valence-electron chi connectivity index (χ1n) is 13.5. The highest BCUT2D eigenvalue weighted by molar-refractivity contribution is 5.17. The van der Waals surface area contributed by atoms with Gasteiger partial charge in [-0.25, -0.2) is 0 Å². The molecule has 5 nitrogen and oxygen atoms in total. The fraction of sp³-hybridized carbons (Fsp3) is 1.00. The molecule has 2 heterocycles. The molecule has 6 rings (SSSR count). The van der Waals surface area contributed by atoms with Crippen LogP contribution in [0.3, 0.4) is 0 Å². The predicted molar refractivity (Wildman–Crippen MR) is 121 cm³/mol. The first kappa shape index (κ1) is 22.3. The first-order chi connectivity index (χ1) is 15.1. The highest BCUT2D eigenvalue weighted by Gasteiger charge is 2.71. The Balaban J connectivity index is 1.29. The van der Waals surface area contributed by atoms with Gasteiger partial charge in [-0.2, -0.15) is 0 Å². The Morgan fingerprint density at radius 3 is 2.31 bits per heavy atom. The third-order valence-electron chi connectivity index (χ3n) is 11.9. The molecule has 0 aromatic heterocycles. The number of aliphatic hydroxyl groups is 3. The molecule has 4 aliphatic carbocycles. The van der Waals surface area contributed by atoms with Crippen LogP contribution in [0.25, 0.3) is 0 Å². The van der Waals surface area contributed by atoms with E-state index in [4.69, 9.17) is 9.47 Å². The fourth-order valence-corrected chi connectivity index (χ4v) is 10.4. The molecular formula is C27H44O5. The van der Waals surface area contributed by atoms with Gasteiger partial charge in [-0.15, -0.1) is 0 Å². The Hall–Kier alpha value is -0.200. The van der Waals surface area contributed by atoms with Crippen LogP contribution in [0.4, 0.5) is 0 Å². The monoisotopic (exact) mass is 448 g/mol. The number of hydrogen-bond acceptors (Lipinski definition) is 5. The average molecular weight is 449 g/mol. The number of fused-ring (bicyclic) bond motifs is 7. The van der Waals surface area contributed by atoms with Crippen LogP contribution in [-0.2, 0) is 9.47 Å². The molecule has 0 amide bonds. The van der Waals surface area contributed by atoms with E-state index < -0.39 is 11.9 Å². The Bertz CT molecular complexity index is 758. The summed E-state index contributed by atoms with van der Waals surface area (Å²) in [5.74, 6) is 2.12. The van der Waals surface area contributed by atoms with Crippen LogP contribution < -0.4 is 0 Å². The smallest absolute Gasteiger partial charge is 0.197 e. The molecule has 32 heavy (non-hydrogen) atoms. The minimum absolute atomic E-state index is 0.146. The lowest BCUT2D eigenvalue weighted by atomic mass is 9.43. The van der Waals surface area contributed by atoms with Gasteiger partial charge >= 0.3 is 0 Å². The first-order valence-corrected chi connectivity index (χ1v) is 13.5. The average Bonchev–Trinajstić information content (AvgIpc) is 3.18. The van der Waals surface area contributed by atoms with E-state index in [1.807, 2.05) is 0 Å². The minimum atomic E-state index is -0.824. The van der Waals surface area contributed by atoms with E-state index in [0.29, 0.717) is 36.2 Å². The number of ether oxygens (including phenoxy) is 2. The fourth-order valence-electron chi connectivity index (χ4n) is 10.4. The van der Waals surface area contributed by atoms with E-state index >= 15 is 0 Å². The zero-order valence-electron chi connectivity index (χ0n) is 20.4. The molecule has 2 saturated heterocycles. The van der Waals surface area contributed by atoms with Crippen molar-refractivity contribution in [2.24, 2.45) is 52.3 Å². The van der Waals surface area contributed by atoms with Gasteiger partial charge in [-0.3, -0.25) is 0 Å². The van der Waals surface area contributed by atoms with Crippen LogP contribution in [0.2, 0.25) is 0 Å². The van der Waals surface area contributed by atoms with Gasteiger partial charge in [0, 0.05) is 5.92 Å². The van der Waals surface area contributed by atoms with Gasteiger partial charge in [0.2, 0.25) is 0 Å². The Morgan fingerprint density at radius 1 is 0.812 bits per heavy atom. The molecule has 0 unspecified atom stereocenters. The Labute approximate surface area is 193 Å². The second-order valence-electron chi connectivity index (χ2n) is 13.4. The molecule has 0 aromatic carbocycles. The number of hydrogen-bond donors (Lipinski definition) is 3. The van der Waals surface area contributed by atoms with Gasteiger partial charge in [0.15, 0.2) is 5.79 Å². The summed E-state index contributed by atoms with van der Waals surface area (Å²) in [6, 6.07) is 0. The summed E-state index contributed by atoms with van der Waals surface area (Å²) in [5.41, 5.74) is 0.324. The van der Waals surface area contributed by atoms with Crippen LogP contribution in [0.1, 0.15) is 79.1 Å². The number of aliphatic hydroxyl groups excluding tert-OH is 3. The lowest BCUT2D eigenvalue weighted by Gasteiger charge is -2.62. The molecule has 3 N–H and O–H groups in total. The van der Waals surface area contributed by atoms with Crippen molar-refractivity contribution in [1.82, 2.24) is 0 Å². The highest BCUT2D eigenvalue weighted by Crippen LogP contribution is 2.71.